The van der Waals surface area contributed by atoms with E-state index in [4.69, 9.17) is 4.74 Å². The molecule has 5 atom stereocenters. The van der Waals surface area contributed by atoms with Crippen LogP contribution in [0.3, 0.4) is 0 Å². The largest absolute Gasteiger partial charge is 0.390 e. The molecule has 1 saturated carbocycles. The first kappa shape index (κ1) is 30.5. The van der Waals surface area contributed by atoms with Gasteiger partial charge >= 0.3 is 0 Å². The van der Waals surface area contributed by atoms with Crippen LogP contribution in [0.15, 0.2) is 30.3 Å². The van der Waals surface area contributed by atoms with Crippen molar-refractivity contribution in [1.82, 2.24) is 15.5 Å². The number of hydrogen-bond acceptors (Lipinski definition) is 6. The lowest BCUT2D eigenvalue weighted by Crippen LogP contribution is -2.58. The van der Waals surface area contributed by atoms with E-state index in [1.54, 1.807) is 11.8 Å². The molecule has 3 rings (SSSR count). The van der Waals surface area contributed by atoms with Gasteiger partial charge in [0, 0.05) is 13.1 Å². The molecule has 1 aromatic carbocycles. The first-order chi connectivity index (χ1) is 18.2. The van der Waals surface area contributed by atoms with Gasteiger partial charge in [0.25, 0.3) is 0 Å². The number of carbonyl (C=O) groups excluding carboxylic acids is 2. The summed E-state index contributed by atoms with van der Waals surface area (Å²) in [4.78, 5) is 28.7. The highest BCUT2D eigenvalue weighted by atomic mass is 16.5. The van der Waals surface area contributed by atoms with Gasteiger partial charge in [-0.3, -0.25) is 14.9 Å². The fourth-order valence-electron chi connectivity index (χ4n) is 5.71. The van der Waals surface area contributed by atoms with E-state index in [1.807, 2.05) is 44.2 Å². The van der Waals surface area contributed by atoms with E-state index < -0.39 is 30.3 Å². The Morgan fingerprint density at radius 3 is 2.32 bits per heavy atom. The van der Waals surface area contributed by atoms with E-state index in [0.29, 0.717) is 51.5 Å². The minimum atomic E-state index is -1.04. The number of rotatable bonds is 13. The zero-order valence-electron chi connectivity index (χ0n) is 23.5. The number of nitrogens with one attached hydrogen (secondary N) is 2. The highest BCUT2D eigenvalue weighted by Crippen LogP contribution is 2.29. The Balaban J connectivity index is 1.69. The molecular formula is C30H49N3O5. The number of aliphatic hydroxyl groups excluding tert-OH is 2. The first-order valence-electron chi connectivity index (χ1n) is 14.6. The summed E-state index contributed by atoms with van der Waals surface area (Å²) < 4.78 is 5.42. The molecule has 0 radical (unpaired) electrons. The van der Waals surface area contributed by atoms with Gasteiger partial charge in [-0.15, -0.1) is 0 Å². The Kier molecular flexibility index (Phi) is 12.5. The zero-order chi connectivity index (χ0) is 27.5. The van der Waals surface area contributed by atoms with Crippen molar-refractivity contribution in [1.29, 1.82) is 0 Å². The van der Waals surface area contributed by atoms with Gasteiger partial charge < -0.3 is 25.2 Å². The van der Waals surface area contributed by atoms with Gasteiger partial charge in [-0.2, -0.15) is 0 Å². The number of benzene rings is 1. The predicted molar refractivity (Wildman–Crippen MR) is 149 cm³/mol. The number of nitrogens with zero attached hydrogens (tertiary/aromatic N) is 1. The Morgan fingerprint density at radius 2 is 1.68 bits per heavy atom. The highest BCUT2D eigenvalue weighted by Gasteiger charge is 2.33. The molecule has 0 unspecified atom stereocenters. The molecule has 214 valence electrons. The average molecular weight is 532 g/mol. The highest BCUT2D eigenvalue weighted by molar-refractivity contribution is 5.85. The van der Waals surface area contributed by atoms with E-state index >= 15 is 0 Å². The maximum atomic E-state index is 13.4. The minimum absolute atomic E-state index is 0.0389. The third-order valence-corrected chi connectivity index (χ3v) is 7.91. The quantitative estimate of drug-likeness (QED) is 0.312. The molecule has 38 heavy (non-hydrogen) atoms. The summed E-state index contributed by atoms with van der Waals surface area (Å²) in [6.07, 6.45) is 5.38. The summed E-state index contributed by atoms with van der Waals surface area (Å²) in [5, 5.41) is 28.1. The molecule has 1 heterocycles. The van der Waals surface area contributed by atoms with Crippen LogP contribution in [-0.2, 0) is 20.7 Å². The second kappa shape index (κ2) is 15.6. The van der Waals surface area contributed by atoms with Crippen LogP contribution in [0.4, 0.5) is 0 Å². The van der Waals surface area contributed by atoms with Crippen molar-refractivity contribution in [3.8, 4) is 0 Å². The van der Waals surface area contributed by atoms with Gasteiger partial charge in [-0.25, -0.2) is 0 Å². The maximum Gasteiger partial charge on any atom is 0.240 e. The van der Waals surface area contributed by atoms with Crippen LogP contribution in [0.5, 0.6) is 0 Å². The van der Waals surface area contributed by atoms with Crippen LogP contribution in [0.2, 0.25) is 0 Å². The van der Waals surface area contributed by atoms with Gasteiger partial charge in [0.2, 0.25) is 11.8 Å². The topological polar surface area (TPSA) is 111 Å². The van der Waals surface area contributed by atoms with Gasteiger partial charge in [0.1, 0.15) is 6.10 Å². The minimum Gasteiger partial charge on any atom is -0.390 e. The van der Waals surface area contributed by atoms with Crippen molar-refractivity contribution in [3.63, 3.8) is 0 Å². The first-order valence-corrected chi connectivity index (χ1v) is 14.6. The van der Waals surface area contributed by atoms with Gasteiger partial charge in [-0.1, -0.05) is 76.3 Å². The Labute approximate surface area is 228 Å². The van der Waals surface area contributed by atoms with Crippen LogP contribution in [0.1, 0.15) is 71.3 Å². The molecule has 1 aliphatic carbocycles. The standard InChI is InChI=1S/C30H49N3O5/c1-21(2)18-27(34)28(35)25(19-23-10-6-4-7-11-23)32-29(36)22(3)31-26(20-24-12-8-5-9-13-24)30(37)33-14-16-38-17-15-33/h5,8-9,12-13,21-23,25-28,31,34-35H,4,6-7,10-11,14-20H2,1-3H3,(H,32,36)/t22-,25-,26-,27-,28+/m0/s1. The smallest absolute Gasteiger partial charge is 0.240 e. The predicted octanol–water partition coefficient (Wildman–Crippen LogP) is 2.66. The maximum absolute atomic E-state index is 13.4. The lowest BCUT2D eigenvalue weighted by molar-refractivity contribution is -0.138. The van der Waals surface area contributed by atoms with Crippen molar-refractivity contribution < 1.29 is 24.5 Å². The van der Waals surface area contributed by atoms with Crippen LogP contribution in [-0.4, -0.2) is 83.6 Å². The molecular weight excluding hydrogens is 482 g/mol. The number of hydrogen-bond donors (Lipinski definition) is 4. The number of aliphatic hydroxyl groups is 2. The molecule has 8 nitrogen and oxygen atoms in total. The lowest BCUT2D eigenvalue weighted by Gasteiger charge is -2.34. The molecule has 1 saturated heterocycles. The normalized spacial score (nSPS) is 20.9. The second-order valence-corrected chi connectivity index (χ2v) is 11.6. The van der Waals surface area contributed by atoms with Crippen molar-refractivity contribution in [2.45, 2.75) is 102 Å². The fourth-order valence-corrected chi connectivity index (χ4v) is 5.71. The summed E-state index contributed by atoms with van der Waals surface area (Å²) in [7, 11) is 0. The fraction of sp³-hybridized carbons (Fsp3) is 0.733. The molecule has 2 aliphatic rings. The lowest BCUT2D eigenvalue weighted by atomic mass is 9.82. The van der Waals surface area contributed by atoms with Crippen molar-refractivity contribution in [3.05, 3.63) is 35.9 Å². The zero-order valence-corrected chi connectivity index (χ0v) is 23.5. The third-order valence-electron chi connectivity index (χ3n) is 7.91. The number of amides is 2. The van der Waals surface area contributed by atoms with Gasteiger partial charge in [0.15, 0.2) is 0 Å². The van der Waals surface area contributed by atoms with Crippen molar-refractivity contribution >= 4 is 11.8 Å². The molecule has 0 spiro atoms. The molecule has 0 bridgehead atoms. The van der Waals surface area contributed by atoms with Crippen LogP contribution in [0.25, 0.3) is 0 Å². The van der Waals surface area contributed by atoms with E-state index in [9.17, 15) is 19.8 Å². The van der Waals surface area contributed by atoms with Crippen LogP contribution < -0.4 is 10.6 Å². The van der Waals surface area contributed by atoms with Crippen LogP contribution >= 0.6 is 0 Å². The van der Waals surface area contributed by atoms with Crippen molar-refractivity contribution in [2.24, 2.45) is 11.8 Å². The Hall–Kier alpha value is -2.00. The summed E-state index contributed by atoms with van der Waals surface area (Å²) in [5.74, 6) is 0.348. The monoisotopic (exact) mass is 531 g/mol. The van der Waals surface area contributed by atoms with E-state index in [-0.39, 0.29) is 17.7 Å². The molecule has 1 aromatic rings. The number of ether oxygens (including phenoxy) is 1. The second-order valence-electron chi connectivity index (χ2n) is 11.6. The summed E-state index contributed by atoms with van der Waals surface area (Å²) >= 11 is 0. The van der Waals surface area contributed by atoms with E-state index in [1.165, 1.54) is 19.3 Å². The molecule has 0 aromatic heterocycles. The Bertz CT molecular complexity index is 840. The van der Waals surface area contributed by atoms with E-state index in [2.05, 4.69) is 10.6 Å². The Morgan fingerprint density at radius 1 is 1.03 bits per heavy atom. The molecule has 1 aliphatic heterocycles. The van der Waals surface area contributed by atoms with Crippen LogP contribution in [0, 0.1) is 11.8 Å². The number of morpholine rings is 1. The van der Waals surface area contributed by atoms with E-state index in [0.717, 1.165) is 18.4 Å². The summed E-state index contributed by atoms with van der Waals surface area (Å²) in [6.45, 7) is 7.88. The molecule has 2 fully saturated rings. The number of carbonyl (C=O) groups is 2. The van der Waals surface area contributed by atoms with Gasteiger partial charge in [-0.05, 0) is 43.6 Å². The third kappa shape index (κ3) is 9.63. The summed E-state index contributed by atoms with van der Waals surface area (Å²) in [6, 6.07) is 8.05. The molecule has 8 heteroatoms. The SMILES string of the molecule is CC(C)C[C@H](O)[C@H](O)[C@H](CC1CCCCC1)NC(=O)[C@H](C)N[C@@H](Cc1ccccc1)C(=O)N1CCOCC1. The molecule has 2 amide bonds. The van der Waals surface area contributed by atoms with Gasteiger partial charge in [0.05, 0.1) is 37.4 Å². The average Bonchev–Trinajstić information content (AvgIpc) is 2.92. The molecule has 4 N–H and O–H groups in total. The van der Waals surface area contributed by atoms with Crippen molar-refractivity contribution in [2.75, 3.05) is 26.3 Å². The summed E-state index contributed by atoms with van der Waals surface area (Å²) in [5.41, 5.74) is 1.02.